The third-order valence-corrected chi connectivity index (χ3v) is 3.04. The van der Waals surface area contributed by atoms with Gasteiger partial charge < -0.3 is 16.0 Å². The van der Waals surface area contributed by atoms with Crippen molar-refractivity contribution in [3.63, 3.8) is 0 Å². The standard InChI is InChI=1S/C9H18N4OS.HI/c1-2-11-8(14)7-12-9(10)13-3-5-15-6-4-13;/h2-7H2,1H3,(H2,10,12)(H,11,14);1H. The summed E-state index contributed by atoms with van der Waals surface area (Å²) in [6, 6.07) is 0. The molecule has 1 aliphatic heterocycles. The van der Waals surface area contributed by atoms with E-state index in [-0.39, 0.29) is 36.4 Å². The Morgan fingerprint density at radius 1 is 1.50 bits per heavy atom. The van der Waals surface area contributed by atoms with E-state index >= 15 is 0 Å². The Balaban J connectivity index is 0.00000225. The quantitative estimate of drug-likeness (QED) is 0.427. The molecule has 0 saturated carbocycles. The monoisotopic (exact) mass is 358 g/mol. The Morgan fingerprint density at radius 2 is 2.12 bits per heavy atom. The van der Waals surface area contributed by atoms with Crippen LogP contribution in [0.2, 0.25) is 0 Å². The van der Waals surface area contributed by atoms with Crippen molar-refractivity contribution in [2.24, 2.45) is 10.7 Å². The smallest absolute Gasteiger partial charge is 0.241 e. The summed E-state index contributed by atoms with van der Waals surface area (Å²) in [7, 11) is 0. The topological polar surface area (TPSA) is 70.7 Å². The second-order valence-electron chi connectivity index (χ2n) is 3.23. The fourth-order valence-electron chi connectivity index (χ4n) is 1.30. The molecule has 1 amide bonds. The maximum Gasteiger partial charge on any atom is 0.241 e. The van der Waals surface area contributed by atoms with Gasteiger partial charge in [-0.05, 0) is 6.92 Å². The molecule has 0 aromatic rings. The molecule has 0 spiro atoms. The minimum Gasteiger partial charge on any atom is -0.370 e. The highest BCUT2D eigenvalue weighted by Crippen LogP contribution is 2.08. The van der Waals surface area contributed by atoms with Crippen LogP contribution in [0.1, 0.15) is 6.92 Å². The van der Waals surface area contributed by atoms with Gasteiger partial charge in [0.15, 0.2) is 5.96 Å². The van der Waals surface area contributed by atoms with Gasteiger partial charge in [0.25, 0.3) is 0 Å². The Kier molecular flexibility index (Phi) is 8.81. The molecule has 0 bridgehead atoms. The predicted octanol–water partition coefficient (Wildman–Crippen LogP) is 0.104. The lowest BCUT2D eigenvalue weighted by Crippen LogP contribution is -2.43. The average molecular weight is 358 g/mol. The molecular formula is C9H19IN4OS. The van der Waals surface area contributed by atoms with E-state index in [0.717, 1.165) is 24.6 Å². The van der Waals surface area contributed by atoms with Crippen molar-refractivity contribution in [2.45, 2.75) is 6.92 Å². The van der Waals surface area contributed by atoms with Crippen molar-refractivity contribution in [3.05, 3.63) is 0 Å². The number of thioether (sulfide) groups is 1. The molecular weight excluding hydrogens is 339 g/mol. The molecule has 1 fully saturated rings. The molecule has 1 heterocycles. The summed E-state index contributed by atoms with van der Waals surface area (Å²) in [5.74, 6) is 2.57. The highest BCUT2D eigenvalue weighted by Gasteiger charge is 2.12. The van der Waals surface area contributed by atoms with Crippen LogP contribution in [0.15, 0.2) is 4.99 Å². The van der Waals surface area contributed by atoms with E-state index in [2.05, 4.69) is 10.3 Å². The van der Waals surface area contributed by atoms with Gasteiger partial charge in [0, 0.05) is 31.1 Å². The first-order valence-corrected chi connectivity index (χ1v) is 6.28. The molecule has 0 atom stereocenters. The summed E-state index contributed by atoms with van der Waals surface area (Å²) in [6.45, 7) is 4.50. The molecule has 3 N–H and O–H groups in total. The number of nitrogens with two attached hydrogens (primary N) is 1. The zero-order valence-corrected chi connectivity index (χ0v) is 12.6. The van der Waals surface area contributed by atoms with Crippen LogP contribution < -0.4 is 11.1 Å². The number of carbonyl (C=O) groups is 1. The third-order valence-electron chi connectivity index (χ3n) is 2.09. The Labute approximate surface area is 118 Å². The number of hydrogen-bond acceptors (Lipinski definition) is 3. The number of halogens is 1. The average Bonchev–Trinajstić information content (AvgIpc) is 2.27. The molecule has 7 heteroatoms. The van der Waals surface area contributed by atoms with Gasteiger partial charge in [-0.2, -0.15) is 11.8 Å². The van der Waals surface area contributed by atoms with Crippen LogP contribution in [0.3, 0.4) is 0 Å². The number of rotatable bonds is 3. The van der Waals surface area contributed by atoms with Crippen molar-refractivity contribution in [2.75, 3.05) is 37.7 Å². The Hall–Kier alpha value is -0.180. The number of hydrogen-bond donors (Lipinski definition) is 2. The van der Waals surface area contributed by atoms with E-state index in [0.29, 0.717) is 12.5 Å². The lowest BCUT2D eigenvalue weighted by atomic mass is 10.5. The highest BCUT2D eigenvalue weighted by molar-refractivity contribution is 14.0. The van der Waals surface area contributed by atoms with E-state index in [1.807, 2.05) is 23.6 Å². The predicted molar refractivity (Wildman–Crippen MR) is 79.5 cm³/mol. The SMILES string of the molecule is CCNC(=O)CN=C(N)N1CCSCC1.I. The summed E-state index contributed by atoms with van der Waals surface area (Å²) in [4.78, 5) is 17.2. The van der Waals surface area contributed by atoms with Gasteiger partial charge >= 0.3 is 0 Å². The molecule has 0 aromatic carbocycles. The van der Waals surface area contributed by atoms with Gasteiger partial charge in [-0.15, -0.1) is 24.0 Å². The van der Waals surface area contributed by atoms with Gasteiger partial charge in [0.2, 0.25) is 5.91 Å². The van der Waals surface area contributed by atoms with Crippen molar-refractivity contribution < 1.29 is 4.79 Å². The molecule has 94 valence electrons. The van der Waals surface area contributed by atoms with Crippen LogP contribution in [-0.4, -0.2) is 54.5 Å². The number of nitrogens with zero attached hydrogens (tertiary/aromatic N) is 2. The largest absolute Gasteiger partial charge is 0.370 e. The van der Waals surface area contributed by atoms with Crippen molar-refractivity contribution in [1.29, 1.82) is 0 Å². The van der Waals surface area contributed by atoms with E-state index in [4.69, 9.17) is 5.73 Å². The molecule has 0 aromatic heterocycles. The summed E-state index contributed by atoms with van der Waals surface area (Å²) < 4.78 is 0. The van der Waals surface area contributed by atoms with Crippen molar-refractivity contribution in [1.82, 2.24) is 10.2 Å². The first-order valence-electron chi connectivity index (χ1n) is 5.13. The van der Waals surface area contributed by atoms with Crippen LogP contribution >= 0.6 is 35.7 Å². The Bertz CT molecular complexity index is 244. The zero-order chi connectivity index (χ0) is 11.1. The van der Waals surface area contributed by atoms with Crippen LogP contribution in [0, 0.1) is 0 Å². The minimum absolute atomic E-state index is 0. The second kappa shape index (κ2) is 8.91. The number of carbonyl (C=O) groups excluding carboxylic acids is 1. The Morgan fingerprint density at radius 3 is 2.69 bits per heavy atom. The molecule has 5 nitrogen and oxygen atoms in total. The molecule has 1 aliphatic rings. The number of amides is 1. The van der Waals surface area contributed by atoms with Crippen LogP contribution in [0.5, 0.6) is 0 Å². The maximum absolute atomic E-state index is 11.1. The molecule has 1 saturated heterocycles. The van der Waals surface area contributed by atoms with Crippen molar-refractivity contribution >= 4 is 47.6 Å². The molecule has 0 radical (unpaired) electrons. The highest BCUT2D eigenvalue weighted by atomic mass is 127. The first kappa shape index (κ1) is 15.8. The second-order valence-corrected chi connectivity index (χ2v) is 4.45. The van der Waals surface area contributed by atoms with Crippen molar-refractivity contribution in [3.8, 4) is 0 Å². The summed E-state index contributed by atoms with van der Waals surface area (Å²) in [5.41, 5.74) is 5.78. The fraction of sp³-hybridized carbons (Fsp3) is 0.778. The summed E-state index contributed by atoms with van der Waals surface area (Å²) in [6.07, 6.45) is 0. The number of guanidine groups is 1. The van der Waals surface area contributed by atoms with Gasteiger partial charge in [-0.3, -0.25) is 4.79 Å². The number of likely N-dealkylation sites (N-methyl/N-ethyl adjacent to an activating group) is 1. The third kappa shape index (κ3) is 5.78. The fourth-order valence-corrected chi connectivity index (χ4v) is 2.20. The van der Waals surface area contributed by atoms with E-state index in [9.17, 15) is 4.79 Å². The normalized spacial score (nSPS) is 16.6. The van der Waals surface area contributed by atoms with Crippen LogP contribution in [0.4, 0.5) is 0 Å². The maximum atomic E-state index is 11.1. The lowest BCUT2D eigenvalue weighted by Gasteiger charge is -2.27. The molecule has 1 rings (SSSR count). The molecule has 0 unspecified atom stereocenters. The minimum atomic E-state index is -0.0770. The van der Waals surface area contributed by atoms with Gasteiger partial charge in [0.05, 0.1) is 0 Å². The number of nitrogens with one attached hydrogen (secondary N) is 1. The van der Waals surface area contributed by atoms with Crippen LogP contribution in [0.25, 0.3) is 0 Å². The molecule has 0 aliphatic carbocycles. The zero-order valence-electron chi connectivity index (χ0n) is 9.44. The van der Waals surface area contributed by atoms with Crippen LogP contribution in [-0.2, 0) is 4.79 Å². The summed E-state index contributed by atoms with van der Waals surface area (Å²) in [5, 5.41) is 2.68. The van der Waals surface area contributed by atoms with Gasteiger partial charge in [0.1, 0.15) is 6.54 Å². The summed E-state index contributed by atoms with van der Waals surface area (Å²) >= 11 is 1.92. The van der Waals surface area contributed by atoms with Gasteiger partial charge in [-0.25, -0.2) is 4.99 Å². The molecule has 16 heavy (non-hydrogen) atoms. The lowest BCUT2D eigenvalue weighted by molar-refractivity contribution is -0.119. The van der Waals surface area contributed by atoms with Gasteiger partial charge in [-0.1, -0.05) is 0 Å². The number of aliphatic imine (C=N–C) groups is 1. The van der Waals surface area contributed by atoms with E-state index < -0.39 is 0 Å². The van der Waals surface area contributed by atoms with E-state index in [1.54, 1.807) is 0 Å². The first-order chi connectivity index (χ1) is 7.24. The van der Waals surface area contributed by atoms with E-state index in [1.165, 1.54) is 0 Å².